The van der Waals surface area contributed by atoms with Crippen LogP contribution in [-0.4, -0.2) is 38.4 Å². The molecule has 0 saturated heterocycles. The third kappa shape index (κ3) is 5.54. The number of nitrogen functional groups attached to an aromatic ring is 1. The Morgan fingerprint density at radius 2 is 1.72 bits per heavy atom. The summed E-state index contributed by atoms with van der Waals surface area (Å²) >= 11 is 11.0. The van der Waals surface area contributed by atoms with Gasteiger partial charge in [0, 0.05) is 14.1 Å². The maximum absolute atomic E-state index is 10.7. The predicted octanol–water partition coefficient (Wildman–Crippen LogP) is 1.53. The summed E-state index contributed by atoms with van der Waals surface area (Å²) in [5.41, 5.74) is 5.49. The first-order valence-corrected chi connectivity index (χ1v) is 6.63. The molecule has 9 heteroatoms. The van der Waals surface area contributed by atoms with Crippen LogP contribution in [0.2, 0.25) is 10.0 Å². The van der Waals surface area contributed by atoms with E-state index >= 15 is 0 Å². The molecule has 0 aromatic heterocycles. The van der Waals surface area contributed by atoms with Crippen molar-refractivity contribution < 1.29 is 17.8 Å². The van der Waals surface area contributed by atoms with Crippen LogP contribution in [-0.2, 0) is 14.9 Å². The normalized spacial score (nSPS) is 10.3. The van der Waals surface area contributed by atoms with E-state index in [1.54, 1.807) is 14.1 Å². The van der Waals surface area contributed by atoms with Gasteiger partial charge in [0.15, 0.2) is 0 Å². The van der Waals surface area contributed by atoms with Crippen molar-refractivity contribution in [2.24, 2.45) is 0 Å². The lowest BCUT2D eigenvalue weighted by Crippen LogP contribution is -2.06. The van der Waals surface area contributed by atoms with Crippen molar-refractivity contribution in [2.75, 3.05) is 19.8 Å². The van der Waals surface area contributed by atoms with Crippen LogP contribution < -0.4 is 5.73 Å². The lowest BCUT2D eigenvalue weighted by molar-refractivity contribution is -0.115. The highest BCUT2D eigenvalue weighted by molar-refractivity contribution is 7.86. The topological polar surface area (TPSA) is 101 Å². The van der Waals surface area contributed by atoms with E-state index in [0.29, 0.717) is 0 Å². The summed E-state index contributed by atoms with van der Waals surface area (Å²) < 4.78 is 30.1. The Labute approximate surface area is 115 Å². The summed E-state index contributed by atoms with van der Waals surface area (Å²) in [6, 6.07) is 2.15. The molecule has 1 amide bonds. The number of carbonyl (C=O) groups excluding carboxylic acids is 1. The number of amides is 1. The number of benzene rings is 1. The molecule has 0 aliphatic carbocycles. The molecule has 3 N–H and O–H groups in total. The van der Waals surface area contributed by atoms with E-state index in [1.165, 1.54) is 4.90 Å². The summed E-state index contributed by atoms with van der Waals surface area (Å²) in [5, 5.41) is -0.138. The Hall–Kier alpha value is -1.02. The molecular weight excluding hydrogens is 303 g/mol. The van der Waals surface area contributed by atoms with Gasteiger partial charge in [-0.05, 0) is 12.1 Å². The molecular formula is C9H12Cl2N2O4S. The number of carbonyl (C=O) groups is 1. The number of nitrogens with zero attached hydrogens (tertiary/aromatic N) is 1. The van der Waals surface area contributed by atoms with Gasteiger partial charge in [0.1, 0.15) is 4.90 Å². The van der Waals surface area contributed by atoms with Crippen LogP contribution in [0.25, 0.3) is 0 Å². The highest BCUT2D eigenvalue weighted by Crippen LogP contribution is 2.29. The minimum Gasteiger partial charge on any atom is -0.397 e. The Bertz CT molecular complexity index is 532. The minimum absolute atomic E-state index is 0.0250. The van der Waals surface area contributed by atoms with Gasteiger partial charge < -0.3 is 10.6 Å². The van der Waals surface area contributed by atoms with Gasteiger partial charge in [-0.3, -0.25) is 9.35 Å². The molecule has 0 spiro atoms. The fraction of sp³-hybridized carbons (Fsp3) is 0.222. The van der Waals surface area contributed by atoms with Crippen LogP contribution in [0.1, 0.15) is 0 Å². The number of anilines is 1. The fourth-order valence-electron chi connectivity index (χ4n) is 0.742. The SMILES string of the molecule is CN(C)C=O.Nc1cc(Cl)c(S(=O)(=O)O)cc1Cl. The van der Waals surface area contributed by atoms with Crippen LogP contribution in [0.15, 0.2) is 17.0 Å². The highest BCUT2D eigenvalue weighted by atomic mass is 35.5. The predicted molar refractivity (Wildman–Crippen MR) is 70.4 cm³/mol. The first-order valence-electron chi connectivity index (χ1n) is 4.43. The molecule has 0 bridgehead atoms. The number of hydrogen-bond acceptors (Lipinski definition) is 4. The number of hydrogen-bond donors (Lipinski definition) is 2. The molecule has 0 heterocycles. The van der Waals surface area contributed by atoms with Crippen LogP contribution in [0.5, 0.6) is 0 Å². The van der Waals surface area contributed by atoms with Crippen molar-refractivity contribution >= 4 is 45.4 Å². The third-order valence-electron chi connectivity index (χ3n) is 1.54. The van der Waals surface area contributed by atoms with Crippen molar-refractivity contribution in [3.63, 3.8) is 0 Å². The van der Waals surface area contributed by atoms with E-state index in [-0.39, 0.29) is 15.7 Å². The summed E-state index contributed by atoms with van der Waals surface area (Å²) in [5.74, 6) is 0. The van der Waals surface area contributed by atoms with Crippen LogP contribution in [0, 0.1) is 0 Å². The summed E-state index contributed by atoms with van der Waals surface area (Å²) in [7, 11) is -0.970. The van der Waals surface area contributed by atoms with Gasteiger partial charge in [-0.15, -0.1) is 0 Å². The molecule has 18 heavy (non-hydrogen) atoms. The first kappa shape index (κ1) is 17.0. The van der Waals surface area contributed by atoms with Crippen molar-refractivity contribution in [2.45, 2.75) is 4.90 Å². The summed E-state index contributed by atoms with van der Waals surface area (Å²) in [6.45, 7) is 0. The molecule has 0 saturated carbocycles. The smallest absolute Gasteiger partial charge is 0.296 e. The zero-order chi connectivity index (χ0) is 14.5. The van der Waals surface area contributed by atoms with E-state index in [1.807, 2.05) is 0 Å². The Balaban J connectivity index is 0.000000494. The molecule has 102 valence electrons. The van der Waals surface area contributed by atoms with Crippen molar-refractivity contribution in [1.82, 2.24) is 4.90 Å². The Morgan fingerprint density at radius 3 is 2.06 bits per heavy atom. The van der Waals surface area contributed by atoms with E-state index < -0.39 is 15.0 Å². The van der Waals surface area contributed by atoms with Crippen LogP contribution in [0.4, 0.5) is 5.69 Å². The Kier molecular flexibility index (Phi) is 6.41. The van der Waals surface area contributed by atoms with Gasteiger partial charge in [0.25, 0.3) is 10.1 Å². The van der Waals surface area contributed by atoms with Crippen molar-refractivity contribution in [1.29, 1.82) is 0 Å². The zero-order valence-electron chi connectivity index (χ0n) is 9.59. The van der Waals surface area contributed by atoms with Gasteiger partial charge in [0.2, 0.25) is 6.41 Å². The average Bonchev–Trinajstić information content (AvgIpc) is 2.22. The van der Waals surface area contributed by atoms with Gasteiger partial charge in [-0.1, -0.05) is 23.2 Å². The minimum atomic E-state index is -4.34. The molecule has 0 unspecified atom stereocenters. The zero-order valence-corrected chi connectivity index (χ0v) is 11.9. The van der Waals surface area contributed by atoms with E-state index in [2.05, 4.69) is 0 Å². The van der Waals surface area contributed by atoms with E-state index in [0.717, 1.165) is 18.5 Å². The first-order chi connectivity index (χ1) is 8.09. The molecule has 6 nitrogen and oxygen atoms in total. The largest absolute Gasteiger partial charge is 0.397 e. The second kappa shape index (κ2) is 6.79. The molecule has 0 atom stereocenters. The average molecular weight is 315 g/mol. The lowest BCUT2D eigenvalue weighted by Gasteiger charge is -2.03. The fourth-order valence-corrected chi connectivity index (χ4v) is 2.01. The van der Waals surface area contributed by atoms with E-state index in [4.69, 9.17) is 33.5 Å². The second-order valence-electron chi connectivity index (χ2n) is 3.35. The second-order valence-corrected chi connectivity index (χ2v) is 5.55. The maximum Gasteiger partial charge on any atom is 0.296 e. The highest BCUT2D eigenvalue weighted by Gasteiger charge is 2.16. The van der Waals surface area contributed by atoms with Crippen molar-refractivity contribution in [3.8, 4) is 0 Å². The maximum atomic E-state index is 10.7. The van der Waals surface area contributed by atoms with Gasteiger partial charge in [0.05, 0.1) is 15.7 Å². The third-order valence-corrected chi connectivity index (χ3v) is 3.19. The molecule has 0 fully saturated rings. The van der Waals surface area contributed by atoms with Crippen LogP contribution in [0.3, 0.4) is 0 Å². The number of rotatable bonds is 2. The van der Waals surface area contributed by atoms with Crippen molar-refractivity contribution in [3.05, 3.63) is 22.2 Å². The molecule has 0 aliphatic heterocycles. The van der Waals surface area contributed by atoms with Gasteiger partial charge in [-0.25, -0.2) is 0 Å². The standard InChI is InChI=1S/C6H5Cl2NO3S.C3H7NO/c7-3-2-6(13(10,11)12)4(8)1-5(3)9;1-4(2)3-5/h1-2H,9H2,(H,10,11,12);3H,1-2H3. The van der Waals surface area contributed by atoms with Gasteiger partial charge in [-0.2, -0.15) is 8.42 Å². The quantitative estimate of drug-likeness (QED) is 0.489. The molecule has 0 aliphatic rings. The molecule has 1 aromatic carbocycles. The molecule has 0 radical (unpaired) electrons. The Morgan fingerprint density at radius 1 is 1.28 bits per heavy atom. The summed E-state index contributed by atoms with van der Waals surface area (Å²) in [4.78, 5) is 10.4. The number of nitrogens with two attached hydrogens (primary N) is 1. The molecule has 1 aromatic rings. The van der Waals surface area contributed by atoms with Gasteiger partial charge >= 0.3 is 0 Å². The summed E-state index contributed by atoms with van der Waals surface area (Å²) in [6.07, 6.45) is 0.750. The van der Waals surface area contributed by atoms with E-state index in [9.17, 15) is 13.2 Å². The van der Waals surface area contributed by atoms with Crippen LogP contribution >= 0.6 is 23.2 Å². The molecule has 1 rings (SSSR count). The lowest BCUT2D eigenvalue weighted by atomic mass is 10.3. The monoisotopic (exact) mass is 314 g/mol. The number of halogens is 2.